The van der Waals surface area contributed by atoms with E-state index in [0.717, 1.165) is 32.7 Å². The second kappa shape index (κ2) is 5.45. The molecule has 0 unspecified atom stereocenters. The molecule has 2 aliphatic rings. The molecule has 0 saturated carbocycles. The molecule has 2 aromatic carbocycles. The third-order valence-corrected chi connectivity index (χ3v) is 4.12. The van der Waals surface area contributed by atoms with Crippen molar-refractivity contribution in [2.75, 3.05) is 12.4 Å². The number of para-hydroxylation sites is 1. The Morgan fingerprint density at radius 2 is 2.00 bits per heavy atom. The minimum atomic E-state index is -0.143. The molecule has 1 amide bonds. The number of hydrogen-bond acceptors (Lipinski definition) is 3. The second-order valence-corrected chi connectivity index (χ2v) is 5.77. The molecule has 0 aromatic heterocycles. The number of nitrogens with one attached hydrogen (secondary N) is 1. The van der Waals surface area contributed by atoms with Crippen molar-refractivity contribution in [3.63, 3.8) is 0 Å². The van der Waals surface area contributed by atoms with Crippen LogP contribution in [0.2, 0.25) is 0 Å². The molecule has 2 heterocycles. The number of carbonyl (C=O) groups excluding carboxylic acids is 1. The maximum absolute atomic E-state index is 12.4. The van der Waals surface area contributed by atoms with Crippen LogP contribution in [-0.4, -0.2) is 17.7 Å². The number of carbonyl (C=O) groups is 1. The molecule has 0 radical (unpaired) electrons. The van der Waals surface area contributed by atoms with Gasteiger partial charge in [0.25, 0.3) is 5.91 Å². The SMILES string of the molecule is C[N+](=O)C=Cc1ccc2c(c1)COC2=C1C(=O)Nc2ccccc21. The van der Waals surface area contributed by atoms with E-state index < -0.39 is 0 Å². The maximum Gasteiger partial charge on any atom is 0.260 e. The second-order valence-electron chi connectivity index (χ2n) is 5.77. The summed E-state index contributed by atoms with van der Waals surface area (Å²) < 4.78 is 6.58. The van der Waals surface area contributed by atoms with Crippen molar-refractivity contribution in [1.82, 2.24) is 0 Å². The predicted octanol–water partition coefficient (Wildman–Crippen LogP) is 3.42. The normalized spacial score (nSPS) is 18.3. The smallest absolute Gasteiger partial charge is 0.260 e. The molecule has 118 valence electrons. The third-order valence-electron chi connectivity index (χ3n) is 4.12. The first-order chi connectivity index (χ1) is 11.6. The van der Waals surface area contributed by atoms with Crippen molar-refractivity contribution in [2.24, 2.45) is 0 Å². The number of nitroso groups, excluding NO2 is 1. The number of rotatable bonds is 2. The summed E-state index contributed by atoms with van der Waals surface area (Å²) >= 11 is 0. The lowest BCUT2D eigenvalue weighted by Crippen LogP contribution is -2.05. The first kappa shape index (κ1) is 14.4. The lowest BCUT2D eigenvalue weighted by Gasteiger charge is -2.05. The summed E-state index contributed by atoms with van der Waals surface area (Å²) in [6.07, 6.45) is 3.20. The van der Waals surface area contributed by atoms with E-state index in [-0.39, 0.29) is 5.91 Å². The largest absolute Gasteiger partial charge is 0.487 e. The van der Waals surface area contributed by atoms with Crippen LogP contribution >= 0.6 is 0 Å². The molecule has 0 spiro atoms. The highest BCUT2D eigenvalue weighted by molar-refractivity contribution is 6.36. The molecule has 24 heavy (non-hydrogen) atoms. The molecule has 2 aliphatic heterocycles. The maximum atomic E-state index is 12.4. The summed E-state index contributed by atoms with van der Waals surface area (Å²) in [7, 11) is 1.44. The third kappa shape index (κ3) is 2.31. The van der Waals surface area contributed by atoms with Gasteiger partial charge in [-0.25, -0.2) is 0 Å². The Labute approximate surface area is 138 Å². The van der Waals surface area contributed by atoms with Crippen LogP contribution in [-0.2, 0) is 16.1 Å². The minimum Gasteiger partial charge on any atom is -0.487 e. The van der Waals surface area contributed by atoms with Crippen LogP contribution in [0.25, 0.3) is 17.4 Å². The highest BCUT2D eigenvalue weighted by atomic mass is 16.5. The van der Waals surface area contributed by atoms with Gasteiger partial charge in [0.1, 0.15) is 12.4 Å². The Morgan fingerprint density at radius 1 is 1.17 bits per heavy atom. The Hall–Kier alpha value is -3.21. The van der Waals surface area contributed by atoms with Gasteiger partial charge in [0.15, 0.2) is 7.05 Å². The van der Waals surface area contributed by atoms with Gasteiger partial charge in [-0.3, -0.25) is 4.79 Å². The highest BCUT2D eigenvalue weighted by Crippen LogP contribution is 2.41. The molecule has 5 nitrogen and oxygen atoms in total. The number of hydrogen-bond donors (Lipinski definition) is 1. The molecule has 0 bridgehead atoms. The van der Waals surface area contributed by atoms with Crippen LogP contribution in [0.15, 0.2) is 48.7 Å². The Morgan fingerprint density at radius 3 is 2.83 bits per heavy atom. The standard InChI is InChI=1S/C19H14N2O3/c1-21(23)9-8-12-6-7-14-13(10-12)11-24-18(14)17-15-4-2-3-5-16(15)20-19(17)22/h2-10H,11H2,1H3/p+1. The first-order valence-corrected chi connectivity index (χ1v) is 7.63. The van der Waals surface area contributed by atoms with Crippen molar-refractivity contribution in [3.05, 3.63) is 75.8 Å². The predicted molar refractivity (Wildman–Crippen MR) is 91.7 cm³/mol. The van der Waals surface area contributed by atoms with Crippen molar-refractivity contribution >= 4 is 29.0 Å². The lowest BCUT2D eigenvalue weighted by molar-refractivity contribution is -0.443. The number of benzene rings is 2. The van der Waals surface area contributed by atoms with Gasteiger partial charge in [0.2, 0.25) is 6.20 Å². The Balaban J connectivity index is 1.80. The van der Waals surface area contributed by atoms with Crippen LogP contribution < -0.4 is 5.32 Å². The number of nitrogens with zero attached hydrogens (tertiary/aromatic N) is 1. The molecular formula is C19H15N2O3+. The van der Waals surface area contributed by atoms with Crippen LogP contribution in [0.1, 0.15) is 22.3 Å². The molecule has 1 N–H and O–H groups in total. The van der Waals surface area contributed by atoms with Gasteiger partial charge in [-0.2, -0.15) is 0 Å². The van der Waals surface area contributed by atoms with E-state index >= 15 is 0 Å². The van der Waals surface area contributed by atoms with Crippen LogP contribution in [0, 0.1) is 4.91 Å². The van der Waals surface area contributed by atoms with Gasteiger partial charge >= 0.3 is 0 Å². The summed E-state index contributed by atoms with van der Waals surface area (Å²) in [4.78, 5) is 23.4. The van der Waals surface area contributed by atoms with Crippen molar-refractivity contribution in [3.8, 4) is 0 Å². The fourth-order valence-corrected chi connectivity index (χ4v) is 3.03. The zero-order valence-electron chi connectivity index (χ0n) is 13.1. The summed E-state index contributed by atoms with van der Waals surface area (Å²) in [6, 6.07) is 13.4. The number of amides is 1. The molecule has 0 fully saturated rings. The fourth-order valence-electron chi connectivity index (χ4n) is 3.03. The number of anilines is 1. The van der Waals surface area contributed by atoms with E-state index in [1.54, 1.807) is 6.08 Å². The van der Waals surface area contributed by atoms with E-state index in [0.29, 0.717) is 17.9 Å². The lowest BCUT2D eigenvalue weighted by atomic mass is 9.99. The van der Waals surface area contributed by atoms with Crippen LogP contribution in [0.5, 0.6) is 0 Å². The van der Waals surface area contributed by atoms with Gasteiger partial charge in [-0.15, -0.1) is 0 Å². The molecule has 5 heteroatoms. The summed E-state index contributed by atoms with van der Waals surface area (Å²) in [5.74, 6) is 0.472. The zero-order valence-corrected chi connectivity index (χ0v) is 13.1. The Bertz CT molecular complexity index is 941. The van der Waals surface area contributed by atoms with E-state index in [1.807, 2.05) is 42.5 Å². The molecule has 2 aromatic rings. The quantitative estimate of drug-likeness (QED) is 0.681. The van der Waals surface area contributed by atoms with Gasteiger partial charge in [-0.1, -0.05) is 30.3 Å². The average molecular weight is 319 g/mol. The minimum absolute atomic E-state index is 0.143. The van der Waals surface area contributed by atoms with Gasteiger partial charge < -0.3 is 10.1 Å². The fraction of sp³-hybridized carbons (Fsp3) is 0.105. The highest BCUT2D eigenvalue weighted by Gasteiger charge is 2.32. The van der Waals surface area contributed by atoms with Crippen molar-refractivity contribution < 1.29 is 14.3 Å². The number of fused-ring (bicyclic) bond motifs is 2. The Kier molecular flexibility index (Phi) is 3.27. The molecule has 0 atom stereocenters. The number of ether oxygens (including phenoxy) is 1. The van der Waals surface area contributed by atoms with Crippen molar-refractivity contribution in [1.29, 1.82) is 0 Å². The first-order valence-electron chi connectivity index (χ1n) is 7.63. The zero-order chi connectivity index (χ0) is 16.7. The van der Waals surface area contributed by atoms with E-state index in [2.05, 4.69) is 5.32 Å². The van der Waals surface area contributed by atoms with Gasteiger partial charge in [0.05, 0.1) is 5.57 Å². The average Bonchev–Trinajstić information content (AvgIpc) is 3.12. The van der Waals surface area contributed by atoms with E-state index in [9.17, 15) is 9.70 Å². The van der Waals surface area contributed by atoms with E-state index in [1.165, 1.54) is 13.2 Å². The van der Waals surface area contributed by atoms with Gasteiger partial charge in [-0.05, 0) is 17.7 Å². The van der Waals surface area contributed by atoms with Crippen molar-refractivity contribution in [2.45, 2.75) is 6.61 Å². The molecule has 4 rings (SSSR count). The summed E-state index contributed by atoms with van der Waals surface area (Å²) in [5, 5.41) is 2.87. The molecular weight excluding hydrogens is 304 g/mol. The van der Waals surface area contributed by atoms with Crippen LogP contribution in [0.4, 0.5) is 5.69 Å². The van der Waals surface area contributed by atoms with E-state index in [4.69, 9.17) is 4.74 Å². The topological polar surface area (TPSA) is 58.4 Å². The molecule has 0 aliphatic carbocycles. The summed E-state index contributed by atoms with van der Waals surface area (Å²) in [6.45, 7) is 0.415. The van der Waals surface area contributed by atoms with Crippen LogP contribution in [0.3, 0.4) is 0 Å². The monoisotopic (exact) mass is 319 g/mol. The summed E-state index contributed by atoms with van der Waals surface area (Å²) in [5.41, 5.74) is 5.09. The van der Waals surface area contributed by atoms with Gasteiger partial charge in [0, 0.05) is 38.1 Å². The molecule has 0 saturated heterocycles.